The molecule has 1 aromatic rings. The van der Waals surface area contributed by atoms with Crippen LogP contribution in [0.3, 0.4) is 0 Å². The molecule has 0 aliphatic heterocycles. The first-order valence-corrected chi connectivity index (χ1v) is 6.92. The fraction of sp³-hybridized carbons (Fsp3) is 0.533. The van der Waals surface area contributed by atoms with E-state index in [4.69, 9.17) is 4.74 Å². The van der Waals surface area contributed by atoms with Crippen LogP contribution in [-0.4, -0.2) is 25.6 Å². The van der Waals surface area contributed by atoms with Gasteiger partial charge in [0.1, 0.15) is 0 Å². The number of para-hydroxylation sites is 1. The van der Waals surface area contributed by atoms with E-state index in [0.717, 1.165) is 12.8 Å². The summed E-state index contributed by atoms with van der Waals surface area (Å²) in [5.41, 5.74) is 0.696. The lowest BCUT2D eigenvalue weighted by Crippen LogP contribution is -2.36. The number of carbonyl (C=O) groups excluding carboxylic acids is 1. The zero-order valence-electron chi connectivity index (χ0n) is 12.3. The first-order chi connectivity index (χ1) is 9.58. The van der Waals surface area contributed by atoms with Crippen LogP contribution in [0.15, 0.2) is 18.2 Å². The molecule has 0 fully saturated rings. The molecule has 0 heterocycles. The van der Waals surface area contributed by atoms with Gasteiger partial charge >= 0.3 is 0 Å². The van der Waals surface area contributed by atoms with Crippen LogP contribution in [0.5, 0.6) is 5.75 Å². The predicted molar refractivity (Wildman–Crippen MR) is 77.2 cm³/mol. The average molecular weight is 282 g/mol. The first kappa shape index (κ1) is 16.4. The van der Waals surface area contributed by atoms with Crippen LogP contribution >= 0.6 is 0 Å². The summed E-state index contributed by atoms with van der Waals surface area (Å²) in [4.78, 5) is 11.7. The number of hydrogen-bond acceptors (Lipinski definition) is 3. The first-order valence-electron chi connectivity index (χ1n) is 6.92. The van der Waals surface area contributed by atoms with Crippen molar-refractivity contribution in [3.8, 4) is 5.75 Å². The average Bonchev–Trinajstić information content (AvgIpc) is 2.38. The molecular formula is C15H23FN2O2. The Kier molecular flexibility index (Phi) is 7.01. The highest BCUT2D eigenvalue weighted by Gasteiger charge is 2.12. The third-order valence-electron chi connectivity index (χ3n) is 2.89. The highest BCUT2D eigenvalue weighted by Crippen LogP contribution is 2.22. The Morgan fingerprint density at radius 2 is 2.20 bits per heavy atom. The van der Waals surface area contributed by atoms with Gasteiger partial charge in [0, 0.05) is 18.2 Å². The lowest BCUT2D eigenvalue weighted by molar-refractivity contribution is -0.123. The maximum absolute atomic E-state index is 13.7. The number of halogens is 1. The Labute approximate surface area is 119 Å². The number of hydrogen-bond donors (Lipinski definition) is 2. The number of rotatable bonds is 8. The largest absolute Gasteiger partial charge is 0.480 e. The SMILES string of the molecule is CCCC(C)NC(=O)COc1c(F)cccc1CNC. The van der Waals surface area contributed by atoms with E-state index in [9.17, 15) is 9.18 Å². The third-order valence-corrected chi connectivity index (χ3v) is 2.89. The van der Waals surface area contributed by atoms with Crippen LogP contribution in [0.2, 0.25) is 0 Å². The van der Waals surface area contributed by atoms with Gasteiger partial charge in [-0.05, 0) is 26.5 Å². The molecule has 20 heavy (non-hydrogen) atoms. The smallest absolute Gasteiger partial charge is 0.258 e. The second-order valence-electron chi connectivity index (χ2n) is 4.80. The molecule has 0 bridgehead atoms. The van der Waals surface area contributed by atoms with E-state index in [1.165, 1.54) is 6.07 Å². The standard InChI is InChI=1S/C15H23FN2O2/c1-4-6-11(2)18-14(19)10-20-15-12(9-17-3)7-5-8-13(15)16/h5,7-8,11,17H,4,6,9-10H2,1-3H3,(H,18,19). The van der Waals surface area contributed by atoms with Crippen LogP contribution in [0.25, 0.3) is 0 Å². The van der Waals surface area contributed by atoms with E-state index < -0.39 is 5.82 Å². The summed E-state index contributed by atoms with van der Waals surface area (Å²) in [5, 5.41) is 5.76. The van der Waals surface area contributed by atoms with E-state index in [0.29, 0.717) is 12.1 Å². The van der Waals surface area contributed by atoms with Crippen molar-refractivity contribution in [3.63, 3.8) is 0 Å². The molecule has 0 spiro atoms. The zero-order chi connectivity index (χ0) is 15.0. The Morgan fingerprint density at radius 3 is 2.85 bits per heavy atom. The maximum atomic E-state index is 13.7. The molecule has 0 radical (unpaired) electrons. The molecule has 0 aliphatic carbocycles. The van der Waals surface area contributed by atoms with Gasteiger partial charge in [0.25, 0.3) is 5.91 Å². The fourth-order valence-electron chi connectivity index (χ4n) is 2.00. The Bertz CT molecular complexity index is 438. The molecule has 1 amide bonds. The molecule has 1 unspecified atom stereocenters. The van der Waals surface area contributed by atoms with Crippen molar-refractivity contribution in [1.29, 1.82) is 0 Å². The summed E-state index contributed by atoms with van der Waals surface area (Å²) in [7, 11) is 1.77. The van der Waals surface area contributed by atoms with Crippen molar-refractivity contribution < 1.29 is 13.9 Å². The minimum atomic E-state index is -0.452. The summed E-state index contributed by atoms with van der Waals surface area (Å²) >= 11 is 0. The minimum Gasteiger partial charge on any atom is -0.480 e. The highest BCUT2D eigenvalue weighted by molar-refractivity contribution is 5.77. The molecule has 2 N–H and O–H groups in total. The molecule has 0 saturated carbocycles. The van der Waals surface area contributed by atoms with Gasteiger partial charge in [-0.3, -0.25) is 4.79 Å². The van der Waals surface area contributed by atoms with Gasteiger partial charge in [0.05, 0.1) is 0 Å². The molecule has 112 valence electrons. The van der Waals surface area contributed by atoms with Crippen LogP contribution in [0.1, 0.15) is 32.3 Å². The summed E-state index contributed by atoms with van der Waals surface area (Å²) in [6, 6.07) is 4.82. The lowest BCUT2D eigenvalue weighted by Gasteiger charge is -2.15. The Balaban J connectivity index is 2.58. The van der Waals surface area contributed by atoms with Crippen LogP contribution < -0.4 is 15.4 Å². The summed E-state index contributed by atoms with van der Waals surface area (Å²) in [6.45, 7) is 4.31. The summed E-state index contributed by atoms with van der Waals surface area (Å²) < 4.78 is 19.1. The quantitative estimate of drug-likeness (QED) is 0.769. The second-order valence-corrected chi connectivity index (χ2v) is 4.80. The molecule has 5 heteroatoms. The number of ether oxygens (including phenoxy) is 1. The molecule has 1 aromatic carbocycles. The van der Waals surface area contributed by atoms with E-state index in [1.54, 1.807) is 19.2 Å². The van der Waals surface area contributed by atoms with E-state index >= 15 is 0 Å². The van der Waals surface area contributed by atoms with Crippen molar-refractivity contribution in [2.24, 2.45) is 0 Å². The Morgan fingerprint density at radius 1 is 1.45 bits per heavy atom. The second kappa shape index (κ2) is 8.53. The molecule has 0 aromatic heterocycles. The highest BCUT2D eigenvalue weighted by atomic mass is 19.1. The predicted octanol–water partition coefficient (Wildman–Crippen LogP) is 2.23. The number of carbonyl (C=O) groups is 1. The number of amides is 1. The fourth-order valence-corrected chi connectivity index (χ4v) is 2.00. The van der Waals surface area contributed by atoms with Crippen molar-refractivity contribution in [2.45, 2.75) is 39.3 Å². The molecule has 4 nitrogen and oxygen atoms in total. The monoisotopic (exact) mass is 282 g/mol. The van der Waals surface area contributed by atoms with Gasteiger partial charge < -0.3 is 15.4 Å². The van der Waals surface area contributed by atoms with Crippen LogP contribution in [0, 0.1) is 5.82 Å². The number of benzene rings is 1. The lowest BCUT2D eigenvalue weighted by atomic mass is 10.2. The van der Waals surface area contributed by atoms with E-state index in [-0.39, 0.29) is 24.3 Å². The van der Waals surface area contributed by atoms with Gasteiger partial charge in [-0.1, -0.05) is 25.5 Å². The van der Waals surface area contributed by atoms with Gasteiger partial charge in [-0.15, -0.1) is 0 Å². The normalized spacial score (nSPS) is 12.0. The topological polar surface area (TPSA) is 50.4 Å². The van der Waals surface area contributed by atoms with Crippen molar-refractivity contribution in [1.82, 2.24) is 10.6 Å². The van der Waals surface area contributed by atoms with Crippen LogP contribution in [0.4, 0.5) is 4.39 Å². The molecule has 0 saturated heterocycles. The van der Waals surface area contributed by atoms with E-state index in [1.807, 2.05) is 6.92 Å². The van der Waals surface area contributed by atoms with Crippen molar-refractivity contribution in [2.75, 3.05) is 13.7 Å². The zero-order valence-corrected chi connectivity index (χ0v) is 12.3. The third kappa shape index (κ3) is 5.17. The van der Waals surface area contributed by atoms with Crippen molar-refractivity contribution >= 4 is 5.91 Å². The molecule has 1 atom stereocenters. The summed E-state index contributed by atoms with van der Waals surface area (Å²) in [6.07, 6.45) is 1.92. The van der Waals surface area contributed by atoms with Crippen molar-refractivity contribution in [3.05, 3.63) is 29.6 Å². The van der Waals surface area contributed by atoms with Gasteiger partial charge in [0.2, 0.25) is 0 Å². The number of nitrogens with one attached hydrogen (secondary N) is 2. The molecule has 1 rings (SSSR count). The van der Waals surface area contributed by atoms with Gasteiger partial charge in [-0.2, -0.15) is 0 Å². The van der Waals surface area contributed by atoms with Gasteiger partial charge in [0.15, 0.2) is 18.2 Å². The summed E-state index contributed by atoms with van der Waals surface area (Å²) in [5.74, 6) is -0.545. The van der Waals surface area contributed by atoms with E-state index in [2.05, 4.69) is 17.6 Å². The minimum absolute atomic E-state index is 0.105. The van der Waals surface area contributed by atoms with Crippen LogP contribution in [-0.2, 0) is 11.3 Å². The van der Waals surface area contributed by atoms with Gasteiger partial charge in [-0.25, -0.2) is 4.39 Å². The molecular weight excluding hydrogens is 259 g/mol. The maximum Gasteiger partial charge on any atom is 0.258 e. The Hall–Kier alpha value is -1.62. The molecule has 0 aliphatic rings.